The number of hydrogen-bond donors (Lipinski definition) is 1. The van der Waals surface area contributed by atoms with E-state index in [-0.39, 0.29) is 0 Å². The van der Waals surface area contributed by atoms with Gasteiger partial charge in [0.05, 0.1) is 12.7 Å². The van der Waals surface area contributed by atoms with Crippen molar-refractivity contribution in [1.29, 1.82) is 0 Å². The Hall–Kier alpha value is -3.25. The zero-order valence-electron chi connectivity index (χ0n) is 15.4. The predicted molar refractivity (Wildman–Crippen MR) is 114 cm³/mol. The third-order valence-corrected chi connectivity index (χ3v) is 5.46. The van der Waals surface area contributed by atoms with E-state index in [9.17, 15) is 0 Å². The smallest absolute Gasteiger partial charge is 0.210 e. The molecule has 0 saturated heterocycles. The number of benzene rings is 3. The molecular weight excluding hydrogens is 368 g/mol. The van der Waals surface area contributed by atoms with Crippen LogP contribution in [0.5, 0.6) is 5.75 Å². The van der Waals surface area contributed by atoms with E-state index in [1.165, 1.54) is 21.4 Å². The lowest BCUT2D eigenvalue weighted by molar-refractivity contribution is 0.416. The summed E-state index contributed by atoms with van der Waals surface area (Å²) in [6.45, 7) is 0. The van der Waals surface area contributed by atoms with Crippen molar-refractivity contribution in [3.63, 3.8) is 0 Å². The van der Waals surface area contributed by atoms with Gasteiger partial charge in [-0.3, -0.25) is 0 Å². The van der Waals surface area contributed by atoms with E-state index in [0.717, 1.165) is 17.1 Å². The Morgan fingerprint density at radius 2 is 1.54 bits per heavy atom. The van der Waals surface area contributed by atoms with E-state index < -0.39 is 0 Å². The molecule has 0 saturated carbocycles. The number of ether oxygens (including phenoxy) is 1. The summed E-state index contributed by atoms with van der Waals surface area (Å²) in [5.41, 5.74) is 4.44. The molecule has 1 heterocycles. The quantitative estimate of drug-likeness (QED) is 0.385. The average molecular weight is 388 g/mol. The number of rotatable bonds is 6. The molecule has 4 rings (SSSR count). The van der Waals surface area contributed by atoms with Gasteiger partial charge in [-0.1, -0.05) is 78.5 Å². The van der Waals surface area contributed by atoms with Crippen molar-refractivity contribution in [2.75, 3.05) is 13.0 Å². The summed E-state index contributed by atoms with van der Waals surface area (Å²) in [5.74, 6) is 8.30. The molecule has 5 nitrogen and oxygen atoms in total. The van der Waals surface area contributed by atoms with Crippen LogP contribution in [-0.4, -0.2) is 22.0 Å². The molecule has 0 unspecified atom stereocenters. The number of thioether (sulfide) groups is 1. The predicted octanol–water partition coefficient (Wildman–Crippen LogP) is 4.63. The number of hydrogen-bond acceptors (Lipinski definition) is 5. The van der Waals surface area contributed by atoms with E-state index in [4.69, 9.17) is 10.6 Å². The molecule has 1 aromatic heterocycles. The minimum Gasteiger partial charge on any atom is -0.496 e. The Balaban J connectivity index is 1.48. The normalized spacial score (nSPS) is 10.8. The molecular formula is C22H20N4OS. The van der Waals surface area contributed by atoms with Crippen molar-refractivity contribution in [3.05, 3.63) is 84.4 Å². The molecule has 0 amide bonds. The molecule has 0 aliphatic carbocycles. The van der Waals surface area contributed by atoms with Gasteiger partial charge >= 0.3 is 0 Å². The van der Waals surface area contributed by atoms with Crippen LogP contribution in [0.15, 0.2) is 84.0 Å². The fourth-order valence-electron chi connectivity index (χ4n) is 2.96. The monoisotopic (exact) mass is 388 g/mol. The first-order valence-electron chi connectivity index (χ1n) is 8.87. The van der Waals surface area contributed by atoms with Crippen molar-refractivity contribution >= 4 is 11.8 Å². The topological polar surface area (TPSA) is 66.0 Å². The largest absolute Gasteiger partial charge is 0.496 e. The van der Waals surface area contributed by atoms with Crippen molar-refractivity contribution in [2.24, 2.45) is 0 Å². The fourth-order valence-corrected chi connectivity index (χ4v) is 3.77. The summed E-state index contributed by atoms with van der Waals surface area (Å²) < 4.78 is 6.91. The summed E-state index contributed by atoms with van der Waals surface area (Å²) in [6.07, 6.45) is 0. The third kappa shape index (κ3) is 3.73. The van der Waals surface area contributed by atoms with Crippen LogP contribution in [0, 0.1) is 0 Å². The van der Waals surface area contributed by atoms with Gasteiger partial charge in [-0.25, -0.2) is 4.68 Å². The standard InChI is InChI=1S/C22H20N4OS/c1-27-20-10-6-5-9-19(20)21-24-25-22(26(21)23)28-15-16-11-13-18(14-12-16)17-7-3-2-4-8-17/h2-14H,15,23H2,1H3. The molecule has 0 fully saturated rings. The van der Waals surface area contributed by atoms with E-state index in [1.807, 2.05) is 42.5 Å². The van der Waals surface area contributed by atoms with Crippen LogP contribution < -0.4 is 10.6 Å². The minimum atomic E-state index is 0.583. The lowest BCUT2D eigenvalue weighted by Gasteiger charge is -2.08. The molecule has 0 atom stereocenters. The van der Waals surface area contributed by atoms with Crippen LogP contribution in [0.25, 0.3) is 22.5 Å². The van der Waals surface area contributed by atoms with E-state index in [1.54, 1.807) is 18.9 Å². The molecule has 2 N–H and O–H groups in total. The van der Waals surface area contributed by atoms with Crippen LogP contribution >= 0.6 is 11.8 Å². The summed E-state index contributed by atoms with van der Waals surface area (Å²) in [5, 5.41) is 9.15. The summed E-state index contributed by atoms with van der Waals surface area (Å²) >= 11 is 1.55. The molecule has 6 heteroatoms. The minimum absolute atomic E-state index is 0.583. The Morgan fingerprint density at radius 3 is 2.29 bits per heavy atom. The van der Waals surface area contributed by atoms with Crippen LogP contribution in [0.3, 0.4) is 0 Å². The first kappa shape index (κ1) is 18.1. The van der Waals surface area contributed by atoms with Gasteiger partial charge in [-0.15, -0.1) is 10.2 Å². The molecule has 3 aromatic carbocycles. The van der Waals surface area contributed by atoms with Crippen molar-refractivity contribution in [1.82, 2.24) is 14.9 Å². The maximum absolute atomic E-state index is 6.24. The molecule has 0 aliphatic rings. The van der Waals surface area contributed by atoms with Gasteiger partial charge in [0.15, 0.2) is 5.82 Å². The molecule has 0 radical (unpaired) electrons. The lowest BCUT2D eigenvalue weighted by Crippen LogP contribution is -2.11. The van der Waals surface area contributed by atoms with Crippen LogP contribution in [0.1, 0.15) is 5.56 Å². The summed E-state index contributed by atoms with van der Waals surface area (Å²) in [4.78, 5) is 0. The fraction of sp³-hybridized carbons (Fsp3) is 0.0909. The molecule has 0 aliphatic heterocycles. The maximum Gasteiger partial charge on any atom is 0.210 e. The highest BCUT2D eigenvalue weighted by Crippen LogP contribution is 2.30. The number of nitrogens with zero attached hydrogens (tertiary/aromatic N) is 3. The second-order valence-electron chi connectivity index (χ2n) is 6.23. The van der Waals surface area contributed by atoms with Crippen molar-refractivity contribution in [2.45, 2.75) is 10.9 Å². The van der Waals surface area contributed by atoms with Gasteiger partial charge < -0.3 is 10.6 Å². The van der Waals surface area contributed by atoms with E-state index in [2.05, 4.69) is 46.6 Å². The van der Waals surface area contributed by atoms with Gasteiger partial charge in [0.2, 0.25) is 5.16 Å². The molecule has 0 spiro atoms. The Labute approximate surface area is 168 Å². The molecule has 0 bridgehead atoms. The highest BCUT2D eigenvalue weighted by atomic mass is 32.2. The number of nitrogens with two attached hydrogens (primary N) is 1. The maximum atomic E-state index is 6.24. The molecule has 140 valence electrons. The molecule has 4 aromatic rings. The first-order valence-corrected chi connectivity index (χ1v) is 9.86. The van der Waals surface area contributed by atoms with Gasteiger partial charge in [0, 0.05) is 5.75 Å². The van der Waals surface area contributed by atoms with Gasteiger partial charge in [0.25, 0.3) is 0 Å². The van der Waals surface area contributed by atoms with Gasteiger partial charge in [-0.05, 0) is 28.8 Å². The second-order valence-corrected chi connectivity index (χ2v) is 7.17. The van der Waals surface area contributed by atoms with E-state index in [0.29, 0.717) is 11.0 Å². The van der Waals surface area contributed by atoms with Crippen molar-refractivity contribution in [3.8, 4) is 28.3 Å². The van der Waals surface area contributed by atoms with Crippen LogP contribution in [0.2, 0.25) is 0 Å². The van der Waals surface area contributed by atoms with E-state index >= 15 is 0 Å². The highest BCUT2D eigenvalue weighted by molar-refractivity contribution is 7.98. The Kier molecular flexibility index (Phi) is 5.30. The first-order chi connectivity index (χ1) is 13.8. The third-order valence-electron chi connectivity index (χ3n) is 4.44. The second kappa shape index (κ2) is 8.19. The number of para-hydroxylation sites is 1. The summed E-state index contributed by atoms with van der Waals surface area (Å²) in [7, 11) is 1.63. The lowest BCUT2D eigenvalue weighted by atomic mass is 10.0. The van der Waals surface area contributed by atoms with Crippen LogP contribution in [0.4, 0.5) is 0 Å². The highest BCUT2D eigenvalue weighted by Gasteiger charge is 2.15. The van der Waals surface area contributed by atoms with Gasteiger partial charge in [0.1, 0.15) is 5.75 Å². The van der Waals surface area contributed by atoms with Gasteiger partial charge in [-0.2, -0.15) is 0 Å². The Bertz CT molecular complexity index is 1060. The SMILES string of the molecule is COc1ccccc1-c1nnc(SCc2ccc(-c3ccccc3)cc2)n1N. The number of methoxy groups -OCH3 is 1. The Morgan fingerprint density at radius 1 is 0.857 bits per heavy atom. The van der Waals surface area contributed by atoms with Crippen molar-refractivity contribution < 1.29 is 4.74 Å². The number of nitrogen functional groups attached to an aromatic ring is 1. The summed E-state index contributed by atoms with van der Waals surface area (Å²) in [6, 6.07) is 26.5. The van der Waals surface area contributed by atoms with Crippen LogP contribution in [-0.2, 0) is 5.75 Å². The zero-order chi connectivity index (χ0) is 19.3. The number of aromatic nitrogens is 3. The molecule has 28 heavy (non-hydrogen) atoms. The average Bonchev–Trinajstić information content (AvgIpc) is 3.13. The zero-order valence-corrected chi connectivity index (χ0v) is 16.3.